The van der Waals surface area contributed by atoms with Crippen LogP contribution in [0.15, 0.2) is 48.5 Å². The predicted molar refractivity (Wildman–Crippen MR) is 123 cm³/mol. The van der Waals surface area contributed by atoms with Gasteiger partial charge in [-0.05, 0) is 56.2 Å². The summed E-state index contributed by atoms with van der Waals surface area (Å²) in [5, 5.41) is 2.76. The number of nitrogens with one attached hydrogen (secondary N) is 1. The summed E-state index contributed by atoms with van der Waals surface area (Å²) in [7, 11) is 1.30. The van der Waals surface area contributed by atoms with Crippen LogP contribution in [0, 0.1) is 6.92 Å². The highest BCUT2D eigenvalue weighted by Gasteiger charge is 2.49. The number of imide groups is 1. The van der Waals surface area contributed by atoms with Crippen LogP contribution < -0.4 is 10.2 Å². The maximum atomic E-state index is 13.3. The zero-order valence-electron chi connectivity index (χ0n) is 18.7. The molecule has 1 saturated carbocycles. The summed E-state index contributed by atoms with van der Waals surface area (Å²) < 4.78 is 4.68. The van der Waals surface area contributed by atoms with E-state index in [2.05, 4.69) is 10.1 Å². The van der Waals surface area contributed by atoms with Crippen molar-refractivity contribution >= 4 is 35.2 Å². The van der Waals surface area contributed by atoms with Crippen LogP contribution in [0.5, 0.6) is 0 Å². The first-order valence-electron chi connectivity index (χ1n) is 11.1. The van der Waals surface area contributed by atoms with E-state index in [1.807, 2.05) is 19.1 Å². The molecule has 0 bridgehead atoms. The van der Waals surface area contributed by atoms with Crippen molar-refractivity contribution in [3.8, 4) is 0 Å². The van der Waals surface area contributed by atoms with Gasteiger partial charge in [0, 0.05) is 11.7 Å². The monoisotopic (exact) mass is 449 g/mol. The van der Waals surface area contributed by atoms with Crippen molar-refractivity contribution in [2.24, 2.45) is 0 Å². The Labute approximate surface area is 192 Å². The molecule has 1 aliphatic heterocycles. The molecule has 2 fully saturated rings. The molecule has 4 amide bonds. The van der Waals surface area contributed by atoms with Crippen LogP contribution in [-0.4, -0.2) is 47.9 Å². The Morgan fingerprint density at radius 3 is 2.24 bits per heavy atom. The summed E-state index contributed by atoms with van der Waals surface area (Å²) in [5.41, 5.74) is 2.40. The van der Waals surface area contributed by atoms with Gasteiger partial charge >= 0.3 is 12.0 Å². The molecule has 2 aromatic rings. The summed E-state index contributed by atoms with van der Waals surface area (Å²) in [6.45, 7) is 1.94. The first-order chi connectivity index (χ1) is 15.9. The Balaban J connectivity index is 1.52. The van der Waals surface area contributed by atoms with Crippen molar-refractivity contribution < 1.29 is 23.9 Å². The van der Waals surface area contributed by atoms with Crippen LogP contribution in [0.25, 0.3) is 0 Å². The number of nitrogens with zero attached hydrogens (tertiary/aromatic N) is 2. The Bertz CT molecular complexity index is 1060. The van der Waals surface area contributed by atoms with Gasteiger partial charge in [0.1, 0.15) is 6.04 Å². The largest absolute Gasteiger partial charge is 0.465 e. The smallest absolute Gasteiger partial charge is 0.337 e. The van der Waals surface area contributed by atoms with Gasteiger partial charge in [-0.1, -0.05) is 30.5 Å². The van der Waals surface area contributed by atoms with Crippen LogP contribution in [0.4, 0.5) is 16.2 Å². The molecule has 2 aromatic carbocycles. The van der Waals surface area contributed by atoms with E-state index in [9.17, 15) is 19.2 Å². The Kier molecular flexibility index (Phi) is 6.44. The quantitative estimate of drug-likeness (QED) is 0.533. The molecule has 4 rings (SSSR count). The first kappa shape index (κ1) is 22.5. The molecule has 0 spiro atoms. The van der Waals surface area contributed by atoms with E-state index in [0.29, 0.717) is 16.9 Å². The fourth-order valence-corrected chi connectivity index (χ4v) is 4.52. The van der Waals surface area contributed by atoms with Gasteiger partial charge < -0.3 is 15.0 Å². The Morgan fingerprint density at radius 1 is 1.00 bits per heavy atom. The van der Waals surface area contributed by atoms with Crippen LogP contribution in [0.3, 0.4) is 0 Å². The average molecular weight is 450 g/mol. The second-order valence-corrected chi connectivity index (χ2v) is 8.47. The summed E-state index contributed by atoms with van der Waals surface area (Å²) in [5.74, 6) is -1.22. The van der Waals surface area contributed by atoms with Gasteiger partial charge in [0.05, 0.1) is 24.8 Å². The summed E-state index contributed by atoms with van der Waals surface area (Å²) in [4.78, 5) is 53.9. The highest BCUT2D eigenvalue weighted by atomic mass is 16.5. The van der Waals surface area contributed by atoms with E-state index in [0.717, 1.165) is 31.2 Å². The molecule has 1 heterocycles. The number of hydrogen-bond acceptors (Lipinski definition) is 5. The lowest BCUT2D eigenvalue weighted by atomic mass is 10.1. The van der Waals surface area contributed by atoms with Crippen molar-refractivity contribution in [1.82, 2.24) is 4.90 Å². The third-order valence-corrected chi connectivity index (χ3v) is 6.23. The number of ether oxygens (including phenoxy) is 1. The fourth-order valence-electron chi connectivity index (χ4n) is 4.52. The Hall–Kier alpha value is -3.68. The van der Waals surface area contributed by atoms with Crippen molar-refractivity contribution in [2.75, 3.05) is 17.3 Å². The van der Waals surface area contributed by atoms with Gasteiger partial charge in [0.2, 0.25) is 5.91 Å². The van der Waals surface area contributed by atoms with Gasteiger partial charge in [-0.2, -0.15) is 0 Å². The molecule has 33 heavy (non-hydrogen) atoms. The van der Waals surface area contributed by atoms with E-state index in [1.165, 1.54) is 12.0 Å². The standard InChI is InChI=1S/C25H27N3O5/c1-16-7-13-20(14-8-16)28-23(30)21(27(25(28)32)19-5-3-4-6-19)15-22(29)26-18-11-9-17(10-12-18)24(31)33-2/h7-14,19,21H,3-6,15H2,1-2H3,(H,26,29)/t21-/m0/s1. The average Bonchev–Trinajstić information content (AvgIpc) is 3.41. The van der Waals surface area contributed by atoms with Gasteiger partial charge in [-0.25, -0.2) is 14.5 Å². The number of amides is 4. The lowest BCUT2D eigenvalue weighted by Crippen LogP contribution is -2.43. The van der Waals surface area contributed by atoms with Crippen molar-refractivity contribution in [1.29, 1.82) is 0 Å². The zero-order chi connectivity index (χ0) is 23.5. The molecule has 0 radical (unpaired) electrons. The maximum absolute atomic E-state index is 13.3. The molecule has 2 aliphatic rings. The van der Waals surface area contributed by atoms with Crippen LogP contribution in [0.2, 0.25) is 0 Å². The minimum absolute atomic E-state index is 0.0472. The first-order valence-corrected chi connectivity index (χ1v) is 11.1. The molecule has 1 aliphatic carbocycles. The molecule has 0 aromatic heterocycles. The fraction of sp³-hybridized carbons (Fsp3) is 0.360. The van der Waals surface area contributed by atoms with E-state index >= 15 is 0 Å². The number of urea groups is 1. The molecule has 8 nitrogen and oxygen atoms in total. The maximum Gasteiger partial charge on any atom is 0.337 e. The van der Waals surface area contributed by atoms with Crippen molar-refractivity contribution in [2.45, 2.75) is 51.1 Å². The lowest BCUT2D eigenvalue weighted by Gasteiger charge is -2.27. The van der Waals surface area contributed by atoms with Gasteiger partial charge in [0.25, 0.3) is 5.91 Å². The molecule has 0 unspecified atom stereocenters. The number of esters is 1. The van der Waals surface area contributed by atoms with E-state index in [4.69, 9.17) is 0 Å². The second kappa shape index (κ2) is 9.44. The second-order valence-electron chi connectivity index (χ2n) is 8.47. The van der Waals surface area contributed by atoms with E-state index in [1.54, 1.807) is 41.3 Å². The number of carbonyl (C=O) groups excluding carboxylic acids is 4. The number of benzene rings is 2. The SMILES string of the molecule is COC(=O)c1ccc(NC(=O)C[C@H]2C(=O)N(c3ccc(C)cc3)C(=O)N2C2CCCC2)cc1. The van der Waals surface area contributed by atoms with Gasteiger partial charge in [-0.15, -0.1) is 0 Å². The zero-order valence-corrected chi connectivity index (χ0v) is 18.7. The predicted octanol–water partition coefficient (Wildman–Crippen LogP) is 3.89. The minimum Gasteiger partial charge on any atom is -0.465 e. The normalized spacial score (nSPS) is 18.7. The van der Waals surface area contributed by atoms with Gasteiger partial charge in [0.15, 0.2) is 0 Å². The third-order valence-electron chi connectivity index (χ3n) is 6.23. The molecule has 1 atom stereocenters. The highest BCUT2D eigenvalue weighted by Crippen LogP contribution is 2.34. The topological polar surface area (TPSA) is 96.0 Å². The molecule has 172 valence electrons. The van der Waals surface area contributed by atoms with Crippen LogP contribution in [-0.2, 0) is 14.3 Å². The summed E-state index contributed by atoms with van der Waals surface area (Å²) in [6, 6.07) is 12.2. The molecular weight excluding hydrogens is 422 g/mol. The number of aryl methyl sites for hydroxylation is 1. The lowest BCUT2D eigenvalue weighted by molar-refractivity contribution is -0.124. The van der Waals surface area contributed by atoms with E-state index < -0.39 is 12.0 Å². The van der Waals surface area contributed by atoms with Crippen molar-refractivity contribution in [3.05, 3.63) is 59.7 Å². The number of carbonyl (C=O) groups is 4. The summed E-state index contributed by atoms with van der Waals surface area (Å²) in [6.07, 6.45) is 3.52. The Morgan fingerprint density at radius 2 is 1.64 bits per heavy atom. The molecule has 1 N–H and O–H groups in total. The molecule has 8 heteroatoms. The summed E-state index contributed by atoms with van der Waals surface area (Å²) >= 11 is 0. The number of methoxy groups -OCH3 is 1. The van der Waals surface area contributed by atoms with Crippen LogP contribution in [0.1, 0.15) is 48.0 Å². The van der Waals surface area contributed by atoms with Crippen LogP contribution >= 0.6 is 0 Å². The minimum atomic E-state index is -0.851. The third kappa shape index (κ3) is 4.60. The van der Waals surface area contributed by atoms with E-state index in [-0.39, 0.29) is 30.3 Å². The van der Waals surface area contributed by atoms with Gasteiger partial charge in [-0.3, -0.25) is 9.59 Å². The number of rotatable bonds is 6. The molecule has 1 saturated heterocycles. The number of anilines is 2. The van der Waals surface area contributed by atoms with Crippen molar-refractivity contribution in [3.63, 3.8) is 0 Å². The number of hydrogen-bond donors (Lipinski definition) is 1. The molecular formula is C25H27N3O5. The highest BCUT2D eigenvalue weighted by molar-refractivity contribution is 6.22.